The van der Waals surface area contributed by atoms with Crippen LogP contribution in [0.5, 0.6) is 0 Å². The Kier molecular flexibility index (Phi) is 4.71. The molecule has 0 aromatic heterocycles. The van der Waals surface area contributed by atoms with Gasteiger partial charge in [0.2, 0.25) is 0 Å². The fourth-order valence-corrected chi connectivity index (χ4v) is 6.42. The van der Waals surface area contributed by atoms with Crippen LogP contribution >= 0.6 is 0 Å². The summed E-state index contributed by atoms with van der Waals surface area (Å²) in [6.07, 6.45) is 1.65. The van der Waals surface area contributed by atoms with Crippen LogP contribution < -0.4 is 0 Å². The fourth-order valence-electron chi connectivity index (χ4n) is 6.42. The first-order valence-electron chi connectivity index (χ1n) is 13.3. The van der Waals surface area contributed by atoms with Crippen molar-refractivity contribution in [1.29, 1.82) is 0 Å². The maximum Gasteiger partial charge on any atom is 0.261 e. The molecule has 0 fully saturated rings. The molecule has 2 heterocycles. The Morgan fingerprint density at radius 3 is 1.26 bits per heavy atom. The predicted molar refractivity (Wildman–Crippen MR) is 148 cm³/mol. The van der Waals surface area contributed by atoms with Crippen LogP contribution in [-0.4, -0.2) is 46.5 Å². The van der Waals surface area contributed by atoms with Crippen LogP contribution in [0, 0.1) is 5.92 Å². The van der Waals surface area contributed by atoms with Crippen molar-refractivity contribution in [3.63, 3.8) is 0 Å². The highest BCUT2D eigenvalue weighted by Crippen LogP contribution is 2.46. The van der Waals surface area contributed by atoms with Crippen LogP contribution in [0.2, 0.25) is 0 Å². The number of hydrogen-bond donors (Lipinski definition) is 0. The van der Waals surface area contributed by atoms with Gasteiger partial charge in [-0.15, -0.1) is 0 Å². The van der Waals surface area contributed by atoms with Gasteiger partial charge in [0.05, 0.1) is 0 Å². The number of unbranched alkanes of at least 4 members (excludes halogenated alkanes) is 1. The summed E-state index contributed by atoms with van der Waals surface area (Å²) in [5.41, 5.74) is 2.15. The molecule has 0 atom stereocenters. The number of hydrogen-bond acceptors (Lipinski definition) is 4. The molecular weight excluding hydrogens is 476 g/mol. The molecule has 5 aromatic rings. The number of imide groups is 2. The van der Waals surface area contributed by atoms with E-state index >= 15 is 0 Å². The van der Waals surface area contributed by atoms with Gasteiger partial charge in [-0.3, -0.25) is 29.0 Å². The lowest BCUT2D eigenvalue weighted by Gasteiger charge is -2.30. The van der Waals surface area contributed by atoms with Crippen molar-refractivity contribution in [2.45, 2.75) is 33.6 Å². The van der Waals surface area contributed by atoms with Gasteiger partial charge in [0.1, 0.15) is 0 Å². The minimum Gasteiger partial charge on any atom is -0.274 e. The average Bonchev–Trinajstić information content (AvgIpc) is 2.91. The lowest BCUT2D eigenvalue weighted by molar-refractivity contribution is 0.0583. The molecule has 0 saturated heterocycles. The zero-order valence-electron chi connectivity index (χ0n) is 21.6. The van der Waals surface area contributed by atoms with Crippen molar-refractivity contribution in [2.24, 2.45) is 5.92 Å². The first-order chi connectivity index (χ1) is 18.3. The average molecular weight is 503 g/mol. The largest absolute Gasteiger partial charge is 0.274 e. The van der Waals surface area contributed by atoms with Gasteiger partial charge in [0.15, 0.2) is 0 Å². The molecule has 0 bridgehead atoms. The third-order valence-electron chi connectivity index (χ3n) is 8.09. The van der Waals surface area contributed by atoms with Crippen molar-refractivity contribution in [1.82, 2.24) is 9.80 Å². The van der Waals surface area contributed by atoms with E-state index in [2.05, 4.69) is 0 Å². The van der Waals surface area contributed by atoms with Crippen LogP contribution in [0.1, 0.15) is 75.0 Å². The molecule has 0 aliphatic carbocycles. The van der Waals surface area contributed by atoms with Crippen molar-refractivity contribution < 1.29 is 19.2 Å². The number of fused-ring (bicyclic) bond motifs is 2. The van der Waals surface area contributed by atoms with E-state index in [0.717, 1.165) is 45.2 Å². The Morgan fingerprint density at radius 1 is 0.553 bits per heavy atom. The standard InChI is InChI=1S/C32H26N2O4/c1-4-5-14-33-29(35)21-10-6-17-19-8-12-23-28-24(32(38)34(31(23)37)15-16(2)3)13-9-20(26(19)28)18-7-11-22(30(33)36)27(21)25(17)18/h6-13,16H,4-5,14-15H2,1-3H3. The molecule has 0 radical (unpaired) electrons. The maximum absolute atomic E-state index is 13.5. The van der Waals surface area contributed by atoms with E-state index in [1.165, 1.54) is 9.80 Å². The first kappa shape index (κ1) is 22.8. The number of nitrogens with zero attached hydrogens (tertiary/aromatic N) is 2. The van der Waals surface area contributed by atoms with Gasteiger partial charge < -0.3 is 0 Å². The number of amides is 4. The summed E-state index contributed by atoms with van der Waals surface area (Å²) in [6.45, 7) is 6.79. The van der Waals surface area contributed by atoms with Gasteiger partial charge in [-0.05, 0) is 68.9 Å². The molecule has 0 unspecified atom stereocenters. The summed E-state index contributed by atoms with van der Waals surface area (Å²) in [5, 5.41) is 6.75. The molecule has 2 aliphatic rings. The minimum absolute atomic E-state index is 0.159. The van der Waals surface area contributed by atoms with Crippen LogP contribution in [0.15, 0.2) is 48.5 Å². The van der Waals surface area contributed by atoms with Crippen LogP contribution in [-0.2, 0) is 0 Å². The fraction of sp³-hybridized carbons (Fsp3) is 0.250. The Bertz CT molecular complexity index is 1780. The zero-order chi connectivity index (χ0) is 26.5. The topological polar surface area (TPSA) is 74.8 Å². The first-order valence-corrected chi connectivity index (χ1v) is 13.3. The van der Waals surface area contributed by atoms with Crippen molar-refractivity contribution in [3.05, 3.63) is 70.8 Å². The summed E-state index contributed by atoms with van der Waals surface area (Å²) >= 11 is 0. The minimum atomic E-state index is -0.265. The molecule has 0 spiro atoms. The second kappa shape index (κ2) is 7.84. The molecule has 0 saturated carbocycles. The Balaban J connectivity index is 1.56. The molecule has 2 aliphatic heterocycles. The molecule has 7 rings (SSSR count). The SMILES string of the molecule is CCCCN1C(=O)c2ccc3c4ccc5c6c(ccc(c7ccc(c2c37)C1=O)c64)C(=O)N(CC(C)C)C5=O. The molecule has 6 heteroatoms. The highest BCUT2D eigenvalue weighted by atomic mass is 16.2. The second-order valence-electron chi connectivity index (χ2n) is 10.9. The number of carbonyl (C=O) groups excluding carboxylic acids is 4. The lowest BCUT2D eigenvalue weighted by Crippen LogP contribution is -2.42. The lowest BCUT2D eigenvalue weighted by atomic mass is 9.82. The van der Waals surface area contributed by atoms with Crippen LogP contribution in [0.25, 0.3) is 43.1 Å². The molecule has 0 N–H and O–H groups in total. The van der Waals surface area contributed by atoms with Gasteiger partial charge in [-0.25, -0.2) is 0 Å². The smallest absolute Gasteiger partial charge is 0.261 e. The molecule has 6 nitrogen and oxygen atoms in total. The number of carbonyl (C=O) groups is 4. The Hall–Kier alpha value is -4.32. The highest BCUT2D eigenvalue weighted by Gasteiger charge is 2.36. The highest BCUT2D eigenvalue weighted by molar-refractivity contribution is 6.41. The summed E-state index contributed by atoms with van der Waals surface area (Å²) in [7, 11) is 0. The maximum atomic E-state index is 13.5. The Labute approximate surface area is 219 Å². The van der Waals surface area contributed by atoms with E-state index in [4.69, 9.17) is 0 Å². The molecule has 5 aromatic carbocycles. The summed E-state index contributed by atoms with van der Waals surface area (Å²) in [6, 6.07) is 15.0. The van der Waals surface area contributed by atoms with E-state index < -0.39 is 0 Å². The van der Waals surface area contributed by atoms with Gasteiger partial charge in [0.25, 0.3) is 23.6 Å². The normalized spacial score (nSPS) is 15.5. The van der Waals surface area contributed by atoms with Crippen molar-refractivity contribution in [2.75, 3.05) is 13.1 Å². The summed E-state index contributed by atoms with van der Waals surface area (Å²) in [5.74, 6) is -0.875. The van der Waals surface area contributed by atoms with E-state index in [1.54, 1.807) is 0 Å². The summed E-state index contributed by atoms with van der Waals surface area (Å²) < 4.78 is 0. The third kappa shape index (κ3) is 2.77. The van der Waals surface area contributed by atoms with Crippen LogP contribution in [0.4, 0.5) is 0 Å². The molecule has 4 amide bonds. The van der Waals surface area contributed by atoms with E-state index in [1.807, 2.05) is 69.3 Å². The number of rotatable bonds is 5. The van der Waals surface area contributed by atoms with Crippen LogP contribution in [0.3, 0.4) is 0 Å². The van der Waals surface area contributed by atoms with E-state index in [-0.39, 0.29) is 29.5 Å². The second-order valence-corrected chi connectivity index (χ2v) is 10.9. The quantitative estimate of drug-likeness (QED) is 0.159. The van der Waals surface area contributed by atoms with Crippen molar-refractivity contribution in [3.8, 4) is 0 Å². The molecule has 38 heavy (non-hydrogen) atoms. The van der Waals surface area contributed by atoms with Gasteiger partial charge >= 0.3 is 0 Å². The Morgan fingerprint density at radius 2 is 0.921 bits per heavy atom. The van der Waals surface area contributed by atoms with E-state index in [0.29, 0.717) is 46.1 Å². The third-order valence-corrected chi connectivity index (χ3v) is 8.09. The molecule has 188 valence electrons. The predicted octanol–water partition coefficient (Wildman–Crippen LogP) is 6.39. The number of benzene rings is 5. The van der Waals surface area contributed by atoms with Gasteiger partial charge in [-0.1, -0.05) is 51.5 Å². The zero-order valence-corrected chi connectivity index (χ0v) is 21.6. The van der Waals surface area contributed by atoms with Gasteiger partial charge in [0, 0.05) is 46.1 Å². The van der Waals surface area contributed by atoms with E-state index in [9.17, 15) is 19.2 Å². The molecular formula is C32H26N2O4. The van der Waals surface area contributed by atoms with Gasteiger partial charge in [-0.2, -0.15) is 0 Å². The monoisotopic (exact) mass is 502 g/mol. The summed E-state index contributed by atoms with van der Waals surface area (Å²) in [4.78, 5) is 56.5. The van der Waals surface area contributed by atoms with Crippen molar-refractivity contribution >= 4 is 66.7 Å².